The number of nitrogens with zero attached hydrogens (tertiary/aromatic N) is 6. The average Bonchev–Trinajstić information content (AvgIpc) is 3.60. The summed E-state index contributed by atoms with van der Waals surface area (Å²) in [5.41, 5.74) is 6.20. The van der Waals surface area contributed by atoms with E-state index in [1.165, 1.54) is 12.1 Å². The SMILES string of the molecule is CC(C)C(=O)Nc1cncc(-c2ccc3[nH]nc(-c4nc5c(-c6cc(F)cc(OCCN(C)C)c6)ccnc5[nH]4)c3n2)c1. The van der Waals surface area contributed by atoms with Crippen LogP contribution in [0.5, 0.6) is 5.75 Å². The fourth-order valence-corrected chi connectivity index (χ4v) is 4.56. The van der Waals surface area contributed by atoms with Gasteiger partial charge in [-0.1, -0.05) is 13.8 Å². The molecule has 6 aromatic rings. The Balaban J connectivity index is 1.36. The van der Waals surface area contributed by atoms with Gasteiger partial charge < -0.3 is 19.9 Å². The number of nitrogens with one attached hydrogen (secondary N) is 3. The largest absolute Gasteiger partial charge is 0.492 e. The van der Waals surface area contributed by atoms with Crippen molar-refractivity contribution in [3.05, 3.63) is 66.9 Å². The monoisotopic (exact) mass is 579 g/mol. The fourth-order valence-electron chi connectivity index (χ4n) is 4.56. The van der Waals surface area contributed by atoms with Gasteiger partial charge in [0, 0.05) is 42.0 Å². The maximum absolute atomic E-state index is 14.6. The number of anilines is 1. The van der Waals surface area contributed by atoms with E-state index in [2.05, 4.69) is 30.5 Å². The molecule has 11 nitrogen and oxygen atoms in total. The Hall–Kier alpha value is -5.23. The smallest absolute Gasteiger partial charge is 0.226 e. The van der Waals surface area contributed by atoms with Crippen LogP contribution in [0.15, 0.2) is 61.1 Å². The number of aromatic amines is 2. The lowest BCUT2D eigenvalue weighted by molar-refractivity contribution is -0.118. The van der Waals surface area contributed by atoms with Crippen LogP contribution in [0.1, 0.15) is 13.8 Å². The minimum Gasteiger partial charge on any atom is -0.492 e. The number of benzene rings is 1. The standard InChI is InChI=1S/C31H30FN9O2/c1-17(2)31(42)35-21-12-19(15-33-16-21)24-5-6-25-27(36-24)28(40-39-25)30-37-26-23(7-8-34-29(26)38-30)18-11-20(32)14-22(13-18)43-10-9-41(3)4/h5-8,11-17H,9-10H2,1-4H3,(H,35,42)(H,39,40)(H,34,37,38). The zero-order valence-corrected chi connectivity index (χ0v) is 24.1. The molecule has 0 fully saturated rings. The minimum absolute atomic E-state index is 0.0938. The molecule has 0 aliphatic carbocycles. The van der Waals surface area contributed by atoms with E-state index in [1.54, 1.807) is 30.7 Å². The second kappa shape index (κ2) is 11.6. The Morgan fingerprint density at radius 2 is 1.91 bits per heavy atom. The van der Waals surface area contributed by atoms with E-state index in [0.29, 0.717) is 75.1 Å². The van der Waals surface area contributed by atoms with E-state index in [9.17, 15) is 9.18 Å². The third-order valence-corrected chi connectivity index (χ3v) is 6.83. The number of carbonyl (C=O) groups excluding carboxylic acids is 1. The van der Waals surface area contributed by atoms with Crippen molar-refractivity contribution in [2.45, 2.75) is 13.8 Å². The molecule has 0 bridgehead atoms. The van der Waals surface area contributed by atoms with Gasteiger partial charge in [0.05, 0.1) is 23.1 Å². The predicted octanol–water partition coefficient (Wildman–Crippen LogP) is 5.30. The van der Waals surface area contributed by atoms with Gasteiger partial charge in [-0.2, -0.15) is 5.10 Å². The van der Waals surface area contributed by atoms with E-state index in [1.807, 2.05) is 51.0 Å². The second-order valence-electron chi connectivity index (χ2n) is 10.7. The van der Waals surface area contributed by atoms with E-state index in [0.717, 1.165) is 5.56 Å². The van der Waals surface area contributed by atoms with E-state index < -0.39 is 5.82 Å². The van der Waals surface area contributed by atoms with Crippen LogP contribution in [0.2, 0.25) is 0 Å². The number of fused-ring (bicyclic) bond motifs is 2. The first-order chi connectivity index (χ1) is 20.7. The Labute approximate surface area is 246 Å². The number of hydrogen-bond donors (Lipinski definition) is 3. The Morgan fingerprint density at radius 3 is 2.72 bits per heavy atom. The Bertz CT molecular complexity index is 1950. The topological polar surface area (TPSA) is 138 Å². The number of imidazole rings is 1. The van der Waals surface area contributed by atoms with Crippen LogP contribution in [0.4, 0.5) is 10.1 Å². The molecule has 0 radical (unpaired) electrons. The fraction of sp³-hybridized carbons (Fsp3) is 0.226. The zero-order chi connectivity index (χ0) is 30.1. The summed E-state index contributed by atoms with van der Waals surface area (Å²) in [6.45, 7) is 4.80. The molecular weight excluding hydrogens is 549 g/mol. The lowest BCUT2D eigenvalue weighted by Gasteiger charge is -2.12. The lowest BCUT2D eigenvalue weighted by Crippen LogP contribution is -2.19. The number of amides is 1. The number of H-pyrrole nitrogens is 2. The van der Waals surface area contributed by atoms with Gasteiger partial charge in [-0.3, -0.25) is 14.9 Å². The molecule has 43 heavy (non-hydrogen) atoms. The summed E-state index contributed by atoms with van der Waals surface area (Å²) < 4.78 is 20.4. The van der Waals surface area contributed by atoms with Crippen molar-refractivity contribution in [2.75, 3.05) is 32.6 Å². The van der Waals surface area contributed by atoms with Gasteiger partial charge in [-0.25, -0.2) is 19.3 Å². The summed E-state index contributed by atoms with van der Waals surface area (Å²) >= 11 is 0. The van der Waals surface area contributed by atoms with E-state index >= 15 is 0 Å². The van der Waals surface area contributed by atoms with Crippen LogP contribution in [-0.4, -0.2) is 73.2 Å². The molecule has 0 spiro atoms. The molecule has 3 N–H and O–H groups in total. The number of likely N-dealkylation sites (N-methyl/N-ethyl adjacent to an activating group) is 1. The van der Waals surface area contributed by atoms with Crippen molar-refractivity contribution in [3.8, 4) is 39.7 Å². The highest BCUT2D eigenvalue weighted by Crippen LogP contribution is 2.33. The second-order valence-corrected chi connectivity index (χ2v) is 10.7. The summed E-state index contributed by atoms with van der Waals surface area (Å²) in [7, 11) is 3.90. The van der Waals surface area contributed by atoms with Crippen molar-refractivity contribution in [2.24, 2.45) is 5.92 Å². The van der Waals surface area contributed by atoms with Crippen molar-refractivity contribution in [1.82, 2.24) is 40.0 Å². The van der Waals surface area contributed by atoms with Crippen molar-refractivity contribution < 1.29 is 13.9 Å². The molecule has 0 atom stereocenters. The maximum atomic E-state index is 14.6. The van der Waals surface area contributed by atoms with Crippen molar-refractivity contribution in [3.63, 3.8) is 0 Å². The van der Waals surface area contributed by atoms with Crippen LogP contribution in [0, 0.1) is 11.7 Å². The summed E-state index contributed by atoms with van der Waals surface area (Å²) in [5.74, 6) is 0.240. The minimum atomic E-state index is -0.407. The van der Waals surface area contributed by atoms with Gasteiger partial charge in [-0.05, 0) is 56.1 Å². The summed E-state index contributed by atoms with van der Waals surface area (Å²) in [6.07, 6.45) is 4.93. The van der Waals surface area contributed by atoms with Gasteiger partial charge in [0.25, 0.3) is 0 Å². The number of halogens is 1. The normalized spacial score (nSPS) is 11.6. The Kier molecular flexibility index (Phi) is 7.51. The molecular formula is C31H30FN9O2. The highest BCUT2D eigenvalue weighted by Gasteiger charge is 2.18. The quantitative estimate of drug-likeness (QED) is 0.210. The van der Waals surface area contributed by atoms with Gasteiger partial charge in [0.15, 0.2) is 17.2 Å². The first-order valence-corrected chi connectivity index (χ1v) is 13.8. The number of hydrogen-bond acceptors (Lipinski definition) is 8. The molecule has 0 saturated carbocycles. The number of carbonyl (C=O) groups is 1. The molecule has 6 rings (SSSR count). The van der Waals surface area contributed by atoms with Crippen LogP contribution in [0.3, 0.4) is 0 Å². The molecule has 5 heterocycles. The first kappa shape index (κ1) is 27.9. The molecule has 0 unspecified atom stereocenters. The van der Waals surface area contributed by atoms with Gasteiger partial charge >= 0.3 is 0 Å². The summed E-state index contributed by atoms with van der Waals surface area (Å²) in [4.78, 5) is 35.8. The number of ether oxygens (including phenoxy) is 1. The lowest BCUT2D eigenvalue weighted by atomic mass is 10.1. The van der Waals surface area contributed by atoms with E-state index in [4.69, 9.17) is 14.7 Å². The highest BCUT2D eigenvalue weighted by molar-refractivity contribution is 5.95. The van der Waals surface area contributed by atoms with Crippen LogP contribution >= 0.6 is 0 Å². The first-order valence-electron chi connectivity index (χ1n) is 13.8. The molecule has 0 aliphatic rings. The van der Waals surface area contributed by atoms with E-state index in [-0.39, 0.29) is 11.8 Å². The molecule has 218 valence electrons. The van der Waals surface area contributed by atoms with Crippen LogP contribution < -0.4 is 10.1 Å². The molecule has 5 aromatic heterocycles. The molecule has 1 aromatic carbocycles. The van der Waals surface area contributed by atoms with Gasteiger partial charge in [0.1, 0.15) is 29.2 Å². The van der Waals surface area contributed by atoms with Gasteiger partial charge in [-0.15, -0.1) is 0 Å². The predicted molar refractivity (Wildman–Crippen MR) is 163 cm³/mol. The number of pyridine rings is 3. The van der Waals surface area contributed by atoms with Gasteiger partial charge in [0.2, 0.25) is 5.91 Å². The molecule has 1 amide bonds. The summed E-state index contributed by atoms with van der Waals surface area (Å²) in [5, 5.41) is 10.4. The van der Waals surface area contributed by atoms with Crippen molar-refractivity contribution >= 4 is 33.8 Å². The van der Waals surface area contributed by atoms with Crippen LogP contribution in [0.25, 0.3) is 56.1 Å². The average molecular weight is 580 g/mol. The maximum Gasteiger partial charge on any atom is 0.226 e. The van der Waals surface area contributed by atoms with Crippen LogP contribution in [-0.2, 0) is 4.79 Å². The van der Waals surface area contributed by atoms with Crippen molar-refractivity contribution in [1.29, 1.82) is 0 Å². The number of rotatable bonds is 9. The third-order valence-electron chi connectivity index (χ3n) is 6.83. The Morgan fingerprint density at radius 1 is 1.05 bits per heavy atom. The molecule has 12 heteroatoms. The summed E-state index contributed by atoms with van der Waals surface area (Å²) in [6, 6.07) is 12.0. The molecule has 0 saturated heterocycles. The number of aromatic nitrogens is 7. The molecule has 0 aliphatic heterocycles. The zero-order valence-electron chi connectivity index (χ0n) is 24.1. The third kappa shape index (κ3) is 5.90. The highest BCUT2D eigenvalue weighted by atomic mass is 19.1.